The van der Waals surface area contributed by atoms with Gasteiger partial charge in [-0.05, 0) is 32.9 Å². The first-order valence-corrected chi connectivity index (χ1v) is 6.30. The van der Waals surface area contributed by atoms with E-state index in [-0.39, 0.29) is 30.9 Å². The van der Waals surface area contributed by atoms with Gasteiger partial charge in [-0.3, -0.25) is 4.79 Å². The SMILES string of the molecule is CC(Oc1ccccc1F)C(=O)N(CCO)C(C)C. The zero-order chi connectivity index (χ0) is 14.4. The number of amides is 1. The Morgan fingerprint density at radius 2 is 2.00 bits per heavy atom. The van der Waals surface area contributed by atoms with Gasteiger partial charge in [0.05, 0.1) is 6.61 Å². The van der Waals surface area contributed by atoms with Gasteiger partial charge in [-0.25, -0.2) is 4.39 Å². The molecule has 0 radical (unpaired) electrons. The number of aliphatic hydroxyl groups is 1. The summed E-state index contributed by atoms with van der Waals surface area (Å²) in [7, 11) is 0. The zero-order valence-electron chi connectivity index (χ0n) is 11.5. The lowest BCUT2D eigenvalue weighted by Crippen LogP contribution is -2.45. The van der Waals surface area contributed by atoms with E-state index < -0.39 is 11.9 Å². The van der Waals surface area contributed by atoms with Gasteiger partial charge in [0.1, 0.15) is 0 Å². The van der Waals surface area contributed by atoms with Crippen LogP contribution in [0, 0.1) is 5.82 Å². The summed E-state index contributed by atoms with van der Waals surface area (Å²) in [5.41, 5.74) is 0. The second-order valence-electron chi connectivity index (χ2n) is 4.54. The summed E-state index contributed by atoms with van der Waals surface area (Å²) in [5, 5.41) is 8.96. The molecule has 0 fully saturated rings. The van der Waals surface area contributed by atoms with Gasteiger partial charge in [0.15, 0.2) is 17.7 Å². The summed E-state index contributed by atoms with van der Waals surface area (Å²) in [6.45, 7) is 5.39. The summed E-state index contributed by atoms with van der Waals surface area (Å²) in [4.78, 5) is 13.7. The summed E-state index contributed by atoms with van der Waals surface area (Å²) in [6, 6.07) is 5.90. The zero-order valence-corrected chi connectivity index (χ0v) is 11.5. The molecule has 0 aliphatic carbocycles. The Balaban J connectivity index is 2.74. The molecule has 0 aromatic heterocycles. The van der Waals surface area contributed by atoms with Gasteiger partial charge in [0, 0.05) is 12.6 Å². The first kappa shape index (κ1) is 15.4. The van der Waals surface area contributed by atoms with Crippen molar-refractivity contribution in [2.75, 3.05) is 13.2 Å². The third kappa shape index (κ3) is 4.21. The molecule has 19 heavy (non-hydrogen) atoms. The summed E-state index contributed by atoms with van der Waals surface area (Å²) < 4.78 is 18.8. The predicted molar refractivity (Wildman–Crippen MR) is 70.4 cm³/mol. The van der Waals surface area contributed by atoms with Gasteiger partial charge in [-0.1, -0.05) is 12.1 Å². The van der Waals surface area contributed by atoms with Crippen LogP contribution < -0.4 is 4.74 Å². The standard InChI is InChI=1S/C14H20FNO3/c1-10(2)16(8-9-17)14(18)11(3)19-13-7-5-4-6-12(13)15/h4-7,10-11,17H,8-9H2,1-3H3. The van der Waals surface area contributed by atoms with Crippen LogP contribution in [0.4, 0.5) is 4.39 Å². The molecule has 0 bridgehead atoms. The molecule has 0 aliphatic rings. The van der Waals surface area contributed by atoms with E-state index in [4.69, 9.17) is 9.84 Å². The van der Waals surface area contributed by atoms with Crippen LogP contribution in [0.25, 0.3) is 0 Å². The number of benzene rings is 1. The van der Waals surface area contributed by atoms with E-state index in [0.29, 0.717) is 0 Å². The van der Waals surface area contributed by atoms with Crippen molar-refractivity contribution in [3.05, 3.63) is 30.1 Å². The minimum absolute atomic E-state index is 0.0497. The summed E-state index contributed by atoms with van der Waals surface area (Å²) in [6.07, 6.45) is -0.800. The molecular formula is C14H20FNO3. The Morgan fingerprint density at radius 1 is 1.37 bits per heavy atom. The van der Waals surface area contributed by atoms with E-state index in [9.17, 15) is 9.18 Å². The molecule has 4 nitrogen and oxygen atoms in total. The van der Waals surface area contributed by atoms with E-state index in [1.165, 1.54) is 17.0 Å². The maximum absolute atomic E-state index is 13.4. The highest BCUT2D eigenvalue weighted by Gasteiger charge is 2.24. The molecule has 0 saturated heterocycles. The lowest BCUT2D eigenvalue weighted by atomic mass is 10.2. The minimum atomic E-state index is -0.800. The lowest BCUT2D eigenvalue weighted by Gasteiger charge is -2.28. The Hall–Kier alpha value is -1.62. The van der Waals surface area contributed by atoms with Crippen molar-refractivity contribution in [2.24, 2.45) is 0 Å². The van der Waals surface area contributed by atoms with Gasteiger partial charge in [-0.2, -0.15) is 0 Å². The van der Waals surface area contributed by atoms with E-state index in [1.807, 2.05) is 13.8 Å². The molecule has 1 atom stereocenters. The van der Waals surface area contributed by atoms with Crippen molar-refractivity contribution in [3.63, 3.8) is 0 Å². The highest BCUT2D eigenvalue weighted by Crippen LogP contribution is 2.18. The first-order chi connectivity index (χ1) is 8.97. The van der Waals surface area contributed by atoms with E-state index in [0.717, 1.165) is 0 Å². The Labute approximate surface area is 112 Å². The van der Waals surface area contributed by atoms with Crippen molar-refractivity contribution >= 4 is 5.91 Å². The average Bonchev–Trinajstić information content (AvgIpc) is 2.37. The van der Waals surface area contributed by atoms with Gasteiger partial charge in [0.2, 0.25) is 0 Å². The number of aliphatic hydroxyl groups excluding tert-OH is 1. The molecule has 1 unspecified atom stereocenters. The first-order valence-electron chi connectivity index (χ1n) is 6.30. The van der Waals surface area contributed by atoms with Crippen LogP contribution in [0.5, 0.6) is 5.75 Å². The second kappa shape index (κ2) is 7.09. The maximum atomic E-state index is 13.4. The largest absolute Gasteiger partial charge is 0.478 e. The topological polar surface area (TPSA) is 49.8 Å². The fraction of sp³-hybridized carbons (Fsp3) is 0.500. The highest BCUT2D eigenvalue weighted by molar-refractivity contribution is 5.81. The molecule has 5 heteroatoms. The smallest absolute Gasteiger partial charge is 0.263 e. The van der Waals surface area contributed by atoms with Gasteiger partial charge >= 0.3 is 0 Å². The Kier molecular flexibility index (Phi) is 5.76. The fourth-order valence-corrected chi connectivity index (χ4v) is 1.75. The van der Waals surface area contributed by atoms with Crippen LogP contribution in [0.1, 0.15) is 20.8 Å². The minimum Gasteiger partial charge on any atom is -0.478 e. The molecule has 0 aliphatic heterocycles. The second-order valence-corrected chi connectivity index (χ2v) is 4.54. The predicted octanol–water partition coefficient (Wildman–Crippen LogP) is 1.82. The van der Waals surface area contributed by atoms with Crippen molar-refractivity contribution in [1.29, 1.82) is 0 Å². The monoisotopic (exact) mass is 269 g/mol. The van der Waals surface area contributed by atoms with Crippen molar-refractivity contribution in [2.45, 2.75) is 32.9 Å². The molecule has 0 spiro atoms. The quantitative estimate of drug-likeness (QED) is 0.857. The third-order valence-electron chi connectivity index (χ3n) is 2.74. The van der Waals surface area contributed by atoms with E-state index in [1.54, 1.807) is 19.1 Å². The fourth-order valence-electron chi connectivity index (χ4n) is 1.75. The Morgan fingerprint density at radius 3 is 2.53 bits per heavy atom. The Bertz CT molecular complexity index is 423. The number of carbonyl (C=O) groups excluding carboxylic acids is 1. The number of halogens is 1. The van der Waals surface area contributed by atoms with E-state index >= 15 is 0 Å². The summed E-state index contributed by atoms with van der Waals surface area (Å²) in [5.74, 6) is -0.719. The molecule has 1 amide bonds. The number of hydrogen-bond donors (Lipinski definition) is 1. The molecule has 1 rings (SSSR count). The van der Waals surface area contributed by atoms with Gasteiger partial charge < -0.3 is 14.7 Å². The molecule has 1 aromatic rings. The molecule has 0 saturated carbocycles. The number of nitrogens with zero attached hydrogens (tertiary/aromatic N) is 1. The van der Waals surface area contributed by atoms with Crippen LogP contribution in [-0.2, 0) is 4.79 Å². The number of rotatable bonds is 6. The van der Waals surface area contributed by atoms with Crippen molar-refractivity contribution in [3.8, 4) is 5.75 Å². The van der Waals surface area contributed by atoms with Crippen LogP contribution in [0.15, 0.2) is 24.3 Å². The van der Waals surface area contributed by atoms with Crippen molar-refractivity contribution < 1.29 is 19.0 Å². The van der Waals surface area contributed by atoms with Crippen molar-refractivity contribution in [1.82, 2.24) is 4.90 Å². The third-order valence-corrected chi connectivity index (χ3v) is 2.74. The number of para-hydroxylation sites is 1. The molecule has 1 aromatic carbocycles. The normalized spacial score (nSPS) is 12.3. The van der Waals surface area contributed by atoms with Crippen LogP contribution in [0.2, 0.25) is 0 Å². The van der Waals surface area contributed by atoms with Crippen LogP contribution >= 0.6 is 0 Å². The van der Waals surface area contributed by atoms with Gasteiger partial charge in [0.25, 0.3) is 5.91 Å². The number of ether oxygens (including phenoxy) is 1. The van der Waals surface area contributed by atoms with Gasteiger partial charge in [-0.15, -0.1) is 0 Å². The molecule has 0 heterocycles. The lowest BCUT2D eigenvalue weighted by molar-refractivity contribution is -0.140. The highest BCUT2D eigenvalue weighted by atomic mass is 19.1. The summed E-state index contributed by atoms with van der Waals surface area (Å²) >= 11 is 0. The number of carbonyl (C=O) groups is 1. The van der Waals surface area contributed by atoms with Crippen LogP contribution in [-0.4, -0.2) is 41.2 Å². The molecular weight excluding hydrogens is 249 g/mol. The molecule has 106 valence electrons. The van der Waals surface area contributed by atoms with Crippen LogP contribution in [0.3, 0.4) is 0 Å². The van der Waals surface area contributed by atoms with E-state index in [2.05, 4.69) is 0 Å². The average molecular weight is 269 g/mol. The number of hydrogen-bond acceptors (Lipinski definition) is 3. The molecule has 1 N–H and O–H groups in total. The maximum Gasteiger partial charge on any atom is 0.263 e.